The van der Waals surface area contributed by atoms with E-state index >= 15 is 0 Å². The summed E-state index contributed by atoms with van der Waals surface area (Å²) < 4.78 is 7.98. The van der Waals surface area contributed by atoms with E-state index in [2.05, 4.69) is 20.9 Å². The Balaban J connectivity index is 2.61. The van der Waals surface area contributed by atoms with Crippen LogP contribution in [0.25, 0.3) is 11.5 Å². The molecule has 0 saturated carbocycles. The summed E-state index contributed by atoms with van der Waals surface area (Å²) in [4.78, 5) is 4.09. The van der Waals surface area contributed by atoms with Gasteiger partial charge in [-0.05, 0) is 35.0 Å². The van der Waals surface area contributed by atoms with Gasteiger partial charge >= 0.3 is 0 Å². The van der Waals surface area contributed by atoms with Crippen molar-refractivity contribution in [2.75, 3.05) is 5.73 Å². The molecule has 74 valence electrons. The average Bonchev–Trinajstić information content (AvgIpc) is 2.60. The molecule has 0 bridgehead atoms. The van der Waals surface area contributed by atoms with E-state index in [1.807, 2.05) is 26.1 Å². The standard InChI is InChI=1S/C9H10BrN3O/c1-5-3-4-6(14-5)7-8(10)12-9(11)13(7)2/h3-4H,1-2H3,(H2,11,12). The molecule has 0 aliphatic carbocycles. The molecule has 2 aromatic heterocycles. The summed E-state index contributed by atoms with van der Waals surface area (Å²) in [5.74, 6) is 2.09. The van der Waals surface area contributed by atoms with Crippen LogP contribution in [0.5, 0.6) is 0 Å². The molecule has 0 saturated heterocycles. The molecular weight excluding hydrogens is 246 g/mol. The highest BCUT2D eigenvalue weighted by Crippen LogP contribution is 2.30. The zero-order chi connectivity index (χ0) is 10.3. The van der Waals surface area contributed by atoms with Crippen LogP contribution in [0.2, 0.25) is 0 Å². The molecular formula is C9H10BrN3O. The van der Waals surface area contributed by atoms with Crippen molar-refractivity contribution in [1.29, 1.82) is 0 Å². The average molecular weight is 256 g/mol. The van der Waals surface area contributed by atoms with E-state index in [-0.39, 0.29) is 0 Å². The van der Waals surface area contributed by atoms with E-state index in [9.17, 15) is 0 Å². The Hall–Kier alpha value is -1.23. The lowest BCUT2D eigenvalue weighted by molar-refractivity contribution is 0.543. The van der Waals surface area contributed by atoms with Gasteiger partial charge < -0.3 is 14.7 Å². The van der Waals surface area contributed by atoms with E-state index < -0.39 is 0 Å². The fraction of sp³-hybridized carbons (Fsp3) is 0.222. The van der Waals surface area contributed by atoms with Crippen LogP contribution in [0.1, 0.15) is 5.76 Å². The van der Waals surface area contributed by atoms with Gasteiger partial charge in [0.05, 0.1) is 0 Å². The van der Waals surface area contributed by atoms with Gasteiger partial charge in [0.25, 0.3) is 0 Å². The van der Waals surface area contributed by atoms with Crippen LogP contribution in [0, 0.1) is 6.92 Å². The first-order valence-corrected chi connectivity index (χ1v) is 4.93. The van der Waals surface area contributed by atoms with Crippen molar-refractivity contribution in [2.45, 2.75) is 6.92 Å². The number of hydrogen-bond donors (Lipinski definition) is 1. The number of aromatic nitrogens is 2. The fourth-order valence-electron chi connectivity index (χ4n) is 1.31. The normalized spacial score (nSPS) is 10.8. The summed E-state index contributed by atoms with van der Waals surface area (Å²) in [6.07, 6.45) is 0. The van der Waals surface area contributed by atoms with Gasteiger partial charge in [-0.1, -0.05) is 0 Å². The molecule has 0 aliphatic rings. The number of halogens is 1. The Kier molecular flexibility index (Phi) is 2.11. The van der Waals surface area contributed by atoms with Crippen LogP contribution in [-0.2, 0) is 7.05 Å². The number of hydrogen-bond acceptors (Lipinski definition) is 3. The highest BCUT2D eigenvalue weighted by atomic mass is 79.9. The molecule has 0 radical (unpaired) electrons. The van der Waals surface area contributed by atoms with Crippen LogP contribution in [0.3, 0.4) is 0 Å². The molecule has 2 N–H and O–H groups in total. The molecule has 0 fully saturated rings. The first kappa shape index (κ1) is 9.33. The topological polar surface area (TPSA) is 57.0 Å². The highest BCUT2D eigenvalue weighted by Gasteiger charge is 2.15. The van der Waals surface area contributed by atoms with Gasteiger partial charge in [-0.3, -0.25) is 0 Å². The monoisotopic (exact) mass is 255 g/mol. The Morgan fingerprint density at radius 3 is 2.64 bits per heavy atom. The van der Waals surface area contributed by atoms with Crippen LogP contribution < -0.4 is 5.73 Å². The lowest BCUT2D eigenvalue weighted by Crippen LogP contribution is -1.97. The minimum absolute atomic E-state index is 0.459. The molecule has 0 aromatic carbocycles. The van der Waals surface area contributed by atoms with Gasteiger partial charge in [-0.25, -0.2) is 4.98 Å². The molecule has 2 rings (SSSR count). The van der Waals surface area contributed by atoms with Crippen molar-refractivity contribution < 1.29 is 4.42 Å². The van der Waals surface area contributed by atoms with Gasteiger partial charge in [-0.15, -0.1) is 0 Å². The molecule has 0 amide bonds. The summed E-state index contributed by atoms with van der Waals surface area (Å²) in [6.45, 7) is 1.90. The minimum Gasteiger partial charge on any atom is -0.460 e. The second kappa shape index (κ2) is 3.16. The number of furan rings is 1. The maximum absolute atomic E-state index is 5.67. The lowest BCUT2D eigenvalue weighted by atomic mass is 10.3. The summed E-state index contributed by atoms with van der Waals surface area (Å²) in [6, 6.07) is 3.81. The van der Waals surface area contributed by atoms with E-state index in [0.717, 1.165) is 17.2 Å². The quantitative estimate of drug-likeness (QED) is 0.851. The van der Waals surface area contributed by atoms with E-state index in [1.165, 1.54) is 0 Å². The predicted molar refractivity (Wildman–Crippen MR) is 57.8 cm³/mol. The Morgan fingerprint density at radius 1 is 1.50 bits per heavy atom. The third-order valence-corrected chi connectivity index (χ3v) is 2.61. The smallest absolute Gasteiger partial charge is 0.201 e. The highest BCUT2D eigenvalue weighted by molar-refractivity contribution is 9.10. The molecule has 14 heavy (non-hydrogen) atoms. The van der Waals surface area contributed by atoms with Crippen molar-refractivity contribution in [3.63, 3.8) is 0 Å². The van der Waals surface area contributed by atoms with Crippen LogP contribution >= 0.6 is 15.9 Å². The van der Waals surface area contributed by atoms with Gasteiger partial charge in [0, 0.05) is 7.05 Å². The molecule has 0 unspecified atom stereocenters. The Morgan fingerprint density at radius 2 is 2.21 bits per heavy atom. The molecule has 2 heterocycles. The van der Waals surface area contributed by atoms with E-state index in [1.54, 1.807) is 4.57 Å². The van der Waals surface area contributed by atoms with E-state index in [4.69, 9.17) is 10.2 Å². The third-order valence-electron chi connectivity index (χ3n) is 2.06. The largest absolute Gasteiger partial charge is 0.460 e. The predicted octanol–water partition coefficient (Wildman–Crippen LogP) is 2.33. The number of nitrogens with zero attached hydrogens (tertiary/aromatic N) is 2. The SMILES string of the molecule is Cc1ccc(-c2c(Br)nc(N)n2C)o1. The van der Waals surface area contributed by atoms with Crippen LogP contribution in [0.15, 0.2) is 21.2 Å². The summed E-state index contributed by atoms with van der Waals surface area (Å²) in [5, 5.41) is 0. The number of imidazole rings is 1. The maximum atomic E-state index is 5.67. The maximum Gasteiger partial charge on any atom is 0.201 e. The molecule has 0 atom stereocenters. The summed E-state index contributed by atoms with van der Waals surface area (Å²) in [5.41, 5.74) is 6.52. The second-order valence-electron chi connectivity index (χ2n) is 3.08. The first-order chi connectivity index (χ1) is 6.59. The van der Waals surface area contributed by atoms with Crippen molar-refractivity contribution in [3.05, 3.63) is 22.5 Å². The van der Waals surface area contributed by atoms with Crippen molar-refractivity contribution in [3.8, 4) is 11.5 Å². The Labute approximate surface area is 89.9 Å². The zero-order valence-electron chi connectivity index (χ0n) is 7.91. The fourth-order valence-corrected chi connectivity index (χ4v) is 1.95. The Bertz CT molecular complexity index is 472. The number of anilines is 1. The van der Waals surface area contributed by atoms with Crippen molar-refractivity contribution >= 4 is 21.9 Å². The van der Waals surface area contributed by atoms with Gasteiger partial charge in [-0.2, -0.15) is 0 Å². The molecule has 0 aliphatic heterocycles. The summed E-state index contributed by atoms with van der Waals surface area (Å²) in [7, 11) is 1.85. The van der Waals surface area contributed by atoms with Gasteiger partial charge in [0.15, 0.2) is 5.76 Å². The second-order valence-corrected chi connectivity index (χ2v) is 3.83. The van der Waals surface area contributed by atoms with Crippen molar-refractivity contribution in [1.82, 2.24) is 9.55 Å². The number of nitrogen functional groups attached to an aromatic ring is 1. The first-order valence-electron chi connectivity index (χ1n) is 4.14. The van der Waals surface area contributed by atoms with Crippen LogP contribution in [-0.4, -0.2) is 9.55 Å². The molecule has 5 heteroatoms. The number of aryl methyl sites for hydroxylation is 1. The zero-order valence-corrected chi connectivity index (χ0v) is 9.50. The van der Waals surface area contributed by atoms with Crippen molar-refractivity contribution in [2.24, 2.45) is 7.05 Å². The number of rotatable bonds is 1. The van der Waals surface area contributed by atoms with E-state index in [0.29, 0.717) is 10.6 Å². The van der Waals surface area contributed by atoms with Gasteiger partial charge in [0.1, 0.15) is 16.1 Å². The number of nitrogens with two attached hydrogens (primary N) is 1. The minimum atomic E-state index is 0.459. The molecule has 2 aromatic rings. The summed E-state index contributed by atoms with van der Waals surface area (Å²) >= 11 is 3.34. The van der Waals surface area contributed by atoms with Crippen LogP contribution in [0.4, 0.5) is 5.95 Å². The van der Waals surface area contributed by atoms with Gasteiger partial charge in [0.2, 0.25) is 5.95 Å². The molecule has 4 nitrogen and oxygen atoms in total. The third kappa shape index (κ3) is 1.33. The molecule has 0 spiro atoms. The lowest BCUT2D eigenvalue weighted by Gasteiger charge is -1.99.